The minimum absolute atomic E-state index is 0.108. The molecule has 0 radical (unpaired) electrons. The molecule has 0 saturated carbocycles. The molecular weight excluding hydrogens is 264 g/mol. The molecule has 1 amide bonds. The molecule has 0 aliphatic heterocycles. The summed E-state index contributed by atoms with van der Waals surface area (Å²) in [6.45, 7) is 1.48. The number of nitrogens with zero attached hydrogens (tertiary/aromatic N) is 2. The first-order valence-electron chi connectivity index (χ1n) is 6.57. The molecule has 104 valence electrons. The summed E-state index contributed by atoms with van der Waals surface area (Å²) in [5.74, 6) is 0.599. The lowest BCUT2D eigenvalue weighted by molar-refractivity contribution is -0.114. The first-order chi connectivity index (χ1) is 10.2. The van der Waals surface area contributed by atoms with E-state index in [0.717, 1.165) is 22.3 Å². The summed E-state index contributed by atoms with van der Waals surface area (Å²) in [5.41, 5.74) is 2.49. The Labute approximate surface area is 122 Å². The van der Waals surface area contributed by atoms with Crippen LogP contribution in [0.1, 0.15) is 6.92 Å². The number of aromatic nitrogens is 2. The van der Waals surface area contributed by atoms with E-state index >= 15 is 0 Å². The molecule has 2 N–H and O–H groups in total. The van der Waals surface area contributed by atoms with Gasteiger partial charge in [-0.25, -0.2) is 9.97 Å². The lowest BCUT2D eigenvalue weighted by Crippen LogP contribution is -2.05. The van der Waals surface area contributed by atoms with Crippen LogP contribution >= 0.6 is 0 Å². The van der Waals surface area contributed by atoms with Crippen molar-refractivity contribution in [3.8, 4) is 0 Å². The van der Waals surface area contributed by atoms with Crippen molar-refractivity contribution in [2.45, 2.75) is 6.92 Å². The lowest BCUT2D eigenvalue weighted by atomic mass is 10.2. The first-order valence-corrected chi connectivity index (χ1v) is 6.57. The second-order valence-electron chi connectivity index (χ2n) is 4.63. The minimum atomic E-state index is -0.108. The number of para-hydroxylation sites is 1. The van der Waals surface area contributed by atoms with Crippen LogP contribution < -0.4 is 10.6 Å². The number of carbonyl (C=O) groups excluding carboxylic acids is 1. The third-order valence-corrected chi connectivity index (χ3v) is 2.99. The van der Waals surface area contributed by atoms with E-state index in [0.29, 0.717) is 5.82 Å². The molecule has 5 nitrogen and oxygen atoms in total. The van der Waals surface area contributed by atoms with Crippen molar-refractivity contribution in [1.29, 1.82) is 0 Å². The van der Waals surface area contributed by atoms with Crippen LogP contribution in [0.5, 0.6) is 0 Å². The zero-order valence-electron chi connectivity index (χ0n) is 11.5. The molecular formula is C16H14N4O. The number of anilines is 3. The summed E-state index contributed by atoms with van der Waals surface area (Å²) in [4.78, 5) is 19.7. The van der Waals surface area contributed by atoms with Crippen LogP contribution in [0.15, 0.2) is 54.9 Å². The van der Waals surface area contributed by atoms with Crippen LogP contribution in [-0.2, 0) is 4.79 Å². The van der Waals surface area contributed by atoms with Gasteiger partial charge in [-0.05, 0) is 30.3 Å². The van der Waals surface area contributed by atoms with Crippen molar-refractivity contribution in [3.05, 3.63) is 54.9 Å². The molecule has 0 unspecified atom stereocenters. The third kappa shape index (κ3) is 2.97. The van der Waals surface area contributed by atoms with Crippen molar-refractivity contribution >= 4 is 34.0 Å². The highest BCUT2D eigenvalue weighted by Gasteiger charge is 2.06. The molecule has 21 heavy (non-hydrogen) atoms. The first kappa shape index (κ1) is 13.1. The van der Waals surface area contributed by atoms with Crippen LogP contribution in [0.4, 0.5) is 17.2 Å². The van der Waals surface area contributed by atoms with Gasteiger partial charge in [0.05, 0.1) is 5.52 Å². The SMILES string of the molecule is CC(=O)Nc1ccc2ncnc(Nc3ccccc3)c2c1. The lowest BCUT2D eigenvalue weighted by Gasteiger charge is -2.09. The number of hydrogen-bond acceptors (Lipinski definition) is 4. The van der Waals surface area contributed by atoms with Crippen molar-refractivity contribution in [2.24, 2.45) is 0 Å². The second-order valence-corrected chi connectivity index (χ2v) is 4.63. The molecule has 0 bridgehead atoms. The molecule has 0 atom stereocenters. The standard InChI is InChI=1S/C16H14N4O/c1-11(21)19-13-7-8-15-14(9-13)16(18-10-17-15)20-12-5-3-2-4-6-12/h2-10H,1H3,(H,19,21)(H,17,18,20). The van der Waals surface area contributed by atoms with Crippen LogP contribution in [0.3, 0.4) is 0 Å². The van der Waals surface area contributed by atoms with E-state index in [4.69, 9.17) is 0 Å². The molecule has 3 rings (SSSR count). The topological polar surface area (TPSA) is 66.9 Å². The van der Waals surface area contributed by atoms with Crippen molar-refractivity contribution in [3.63, 3.8) is 0 Å². The van der Waals surface area contributed by atoms with Crippen LogP contribution in [-0.4, -0.2) is 15.9 Å². The van der Waals surface area contributed by atoms with E-state index in [1.165, 1.54) is 13.3 Å². The molecule has 0 fully saturated rings. The molecule has 5 heteroatoms. The molecule has 1 heterocycles. The van der Waals surface area contributed by atoms with Gasteiger partial charge in [-0.2, -0.15) is 0 Å². The van der Waals surface area contributed by atoms with Gasteiger partial charge in [0.25, 0.3) is 0 Å². The van der Waals surface area contributed by atoms with Gasteiger partial charge < -0.3 is 10.6 Å². The number of hydrogen-bond donors (Lipinski definition) is 2. The molecule has 0 aliphatic rings. The quantitative estimate of drug-likeness (QED) is 0.771. The summed E-state index contributed by atoms with van der Waals surface area (Å²) in [6.07, 6.45) is 1.52. The Balaban J connectivity index is 2.03. The number of benzene rings is 2. The van der Waals surface area contributed by atoms with Crippen molar-refractivity contribution < 1.29 is 4.79 Å². The number of nitrogens with one attached hydrogen (secondary N) is 2. The number of rotatable bonds is 3. The molecule has 2 aromatic carbocycles. The highest BCUT2D eigenvalue weighted by atomic mass is 16.1. The highest BCUT2D eigenvalue weighted by molar-refractivity contribution is 5.96. The summed E-state index contributed by atoms with van der Waals surface area (Å²) in [7, 11) is 0. The summed E-state index contributed by atoms with van der Waals surface area (Å²) in [5, 5.41) is 6.88. The predicted octanol–water partition coefficient (Wildman–Crippen LogP) is 3.33. The Morgan fingerprint density at radius 2 is 1.81 bits per heavy atom. The Morgan fingerprint density at radius 1 is 1.00 bits per heavy atom. The van der Waals surface area contributed by atoms with Gasteiger partial charge in [0.2, 0.25) is 5.91 Å². The van der Waals surface area contributed by atoms with Gasteiger partial charge in [-0.15, -0.1) is 0 Å². The van der Waals surface area contributed by atoms with E-state index in [1.54, 1.807) is 0 Å². The maximum atomic E-state index is 11.2. The van der Waals surface area contributed by atoms with Crippen molar-refractivity contribution in [2.75, 3.05) is 10.6 Å². The zero-order valence-corrected chi connectivity index (χ0v) is 11.5. The van der Waals surface area contributed by atoms with E-state index in [2.05, 4.69) is 20.6 Å². The van der Waals surface area contributed by atoms with Crippen LogP contribution in [0.2, 0.25) is 0 Å². The Bertz CT molecular complexity index is 787. The van der Waals surface area contributed by atoms with E-state index < -0.39 is 0 Å². The van der Waals surface area contributed by atoms with E-state index in [9.17, 15) is 4.79 Å². The smallest absolute Gasteiger partial charge is 0.221 e. The van der Waals surface area contributed by atoms with Crippen LogP contribution in [0.25, 0.3) is 10.9 Å². The molecule has 0 aliphatic carbocycles. The van der Waals surface area contributed by atoms with Gasteiger partial charge >= 0.3 is 0 Å². The van der Waals surface area contributed by atoms with Crippen LogP contribution in [0, 0.1) is 0 Å². The third-order valence-electron chi connectivity index (χ3n) is 2.99. The van der Waals surface area contributed by atoms with Crippen molar-refractivity contribution in [1.82, 2.24) is 9.97 Å². The molecule has 0 spiro atoms. The maximum Gasteiger partial charge on any atom is 0.221 e. The fourth-order valence-corrected chi connectivity index (χ4v) is 2.10. The summed E-state index contributed by atoms with van der Waals surface area (Å²) >= 11 is 0. The van der Waals surface area contributed by atoms with Gasteiger partial charge in [0, 0.05) is 23.7 Å². The predicted molar refractivity (Wildman–Crippen MR) is 83.6 cm³/mol. The Kier molecular flexibility index (Phi) is 3.47. The number of amides is 1. The van der Waals surface area contributed by atoms with Gasteiger partial charge in [0.1, 0.15) is 12.1 Å². The Hall–Kier alpha value is -2.95. The minimum Gasteiger partial charge on any atom is -0.340 e. The average Bonchev–Trinajstić information content (AvgIpc) is 2.48. The largest absolute Gasteiger partial charge is 0.340 e. The van der Waals surface area contributed by atoms with E-state index in [-0.39, 0.29) is 5.91 Å². The summed E-state index contributed by atoms with van der Waals surface area (Å²) < 4.78 is 0. The van der Waals surface area contributed by atoms with Gasteiger partial charge in [-0.3, -0.25) is 4.79 Å². The second kappa shape index (κ2) is 5.58. The molecule has 3 aromatic rings. The fraction of sp³-hybridized carbons (Fsp3) is 0.0625. The molecule has 0 saturated heterocycles. The van der Waals surface area contributed by atoms with E-state index in [1.807, 2.05) is 48.5 Å². The zero-order chi connectivity index (χ0) is 14.7. The maximum absolute atomic E-state index is 11.2. The summed E-state index contributed by atoms with van der Waals surface area (Å²) in [6, 6.07) is 15.3. The Morgan fingerprint density at radius 3 is 2.57 bits per heavy atom. The fourth-order valence-electron chi connectivity index (χ4n) is 2.10. The van der Waals surface area contributed by atoms with Gasteiger partial charge in [0.15, 0.2) is 0 Å². The number of carbonyl (C=O) groups is 1. The number of fused-ring (bicyclic) bond motifs is 1. The molecule has 1 aromatic heterocycles. The average molecular weight is 278 g/mol. The highest BCUT2D eigenvalue weighted by Crippen LogP contribution is 2.25. The van der Waals surface area contributed by atoms with Gasteiger partial charge in [-0.1, -0.05) is 18.2 Å². The monoisotopic (exact) mass is 278 g/mol. The normalized spacial score (nSPS) is 10.3.